The summed E-state index contributed by atoms with van der Waals surface area (Å²) >= 11 is 0. The zero-order valence-corrected chi connectivity index (χ0v) is 11.7. The van der Waals surface area contributed by atoms with Crippen LogP contribution in [0.4, 0.5) is 0 Å². The summed E-state index contributed by atoms with van der Waals surface area (Å²) in [7, 11) is 1.53. The SMILES string of the molecule is CCCNC(=O)CCc1ccc(S(=O)(=O)Cl)cc1. The van der Waals surface area contributed by atoms with Gasteiger partial charge in [0, 0.05) is 23.6 Å². The maximum Gasteiger partial charge on any atom is 0.261 e. The Morgan fingerprint density at radius 1 is 1.28 bits per heavy atom. The molecular weight excluding hydrogens is 274 g/mol. The minimum absolute atomic E-state index is 0.00546. The van der Waals surface area contributed by atoms with Gasteiger partial charge >= 0.3 is 0 Å². The van der Waals surface area contributed by atoms with Crippen LogP contribution in [0.5, 0.6) is 0 Å². The number of nitrogens with one attached hydrogen (secondary N) is 1. The van der Waals surface area contributed by atoms with Crippen molar-refractivity contribution in [1.29, 1.82) is 0 Å². The molecule has 0 aliphatic heterocycles. The maximum atomic E-state index is 11.4. The third-order valence-electron chi connectivity index (χ3n) is 2.42. The normalized spacial score (nSPS) is 11.2. The minimum Gasteiger partial charge on any atom is -0.356 e. The van der Waals surface area contributed by atoms with E-state index in [4.69, 9.17) is 10.7 Å². The van der Waals surface area contributed by atoms with Crippen LogP contribution in [0.1, 0.15) is 25.3 Å². The number of rotatable bonds is 6. The number of hydrogen-bond donors (Lipinski definition) is 1. The number of amides is 1. The molecule has 0 heterocycles. The molecule has 1 aromatic carbocycles. The molecule has 1 amide bonds. The van der Waals surface area contributed by atoms with Crippen molar-refractivity contribution in [2.75, 3.05) is 6.54 Å². The number of carbonyl (C=O) groups excluding carboxylic acids is 1. The first-order valence-electron chi connectivity index (χ1n) is 5.74. The molecule has 0 saturated heterocycles. The second-order valence-electron chi connectivity index (χ2n) is 3.93. The number of aryl methyl sites for hydroxylation is 1. The zero-order valence-electron chi connectivity index (χ0n) is 10.1. The Labute approximate surface area is 112 Å². The predicted molar refractivity (Wildman–Crippen MR) is 71.1 cm³/mol. The highest BCUT2D eigenvalue weighted by atomic mass is 35.7. The van der Waals surface area contributed by atoms with Crippen LogP contribution in [0.25, 0.3) is 0 Å². The molecular formula is C12H16ClNO3S. The third-order valence-corrected chi connectivity index (χ3v) is 3.79. The van der Waals surface area contributed by atoms with Crippen LogP contribution in [-0.2, 0) is 20.3 Å². The van der Waals surface area contributed by atoms with Crippen LogP contribution < -0.4 is 5.32 Å². The first-order chi connectivity index (χ1) is 8.43. The molecule has 6 heteroatoms. The Morgan fingerprint density at radius 2 is 1.89 bits per heavy atom. The Hall–Kier alpha value is -1.07. The van der Waals surface area contributed by atoms with Gasteiger partial charge in [-0.1, -0.05) is 19.1 Å². The second kappa shape index (κ2) is 6.75. The number of halogens is 1. The average Bonchev–Trinajstić information content (AvgIpc) is 2.33. The molecule has 0 saturated carbocycles. The van der Waals surface area contributed by atoms with E-state index in [2.05, 4.69) is 5.32 Å². The highest BCUT2D eigenvalue weighted by molar-refractivity contribution is 8.13. The molecule has 100 valence electrons. The molecule has 0 atom stereocenters. The zero-order chi connectivity index (χ0) is 13.6. The Balaban J connectivity index is 2.52. The lowest BCUT2D eigenvalue weighted by Gasteiger charge is -2.04. The molecule has 18 heavy (non-hydrogen) atoms. The van der Waals surface area contributed by atoms with Crippen molar-refractivity contribution in [1.82, 2.24) is 5.32 Å². The van der Waals surface area contributed by atoms with Crippen LogP contribution in [0.2, 0.25) is 0 Å². The highest BCUT2D eigenvalue weighted by Crippen LogP contribution is 2.15. The van der Waals surface area contributed by atoms with Crippen LogP contribution in [-0.4, -0.2) is 20.9 Å². The van der Waals surface area contributed by atoms with Crippen molar-refractivity contribution in [3.05, 3.63) is 29.8 Å². The number of benzene rings is 1. The summed E-state index contributed by atoms with van der Waals surface area (Å²) in [4.78, 5) is 11.4. The van der Waals surface area contributed by atoms with Gasteiger partial charge in [-0.15, -0.1) is 0 Å². The maximum absolute atomic E-state index is 11.4. The van der Waals surface area contributed by atoms with Crippen molar-refractivity contribution in [2.24, 2.45) is 0 Å². The van der Waals surface area contributed by atoms with E-state index in [1.165, 1.54) is 12.1 Å². The van der Waals surface area contributed by atoms with Crippen LogP contribution in [0, 0.1) is 0 Å². The largest absolute Gasteiger partial charge is 0.356 e. The van der Waals surface area contributed by atoms with Crippen LogP contribution in [0.15, 0.2) is 29.2 Å². The van der Waals surface area contributed by atoms with Gasteiger partial charge in [0.25, 0.3) is 9.05 Å². The van der Waals surface area contributed by atoms with Crippen molar-refractivity contribution < 1.29 is 13.2 Å². The highest BCUT2D eigenvalue weighted by Gasteiger charge is 2.09. The van der Waals surface area contributed by atoms with Gasteiger partial charge in [-0.25, -0.2) is 8.42 Å². The summed E-state index contributed by atoms with van der Waals surface area (Å²) in [6.07, 6.45) is 1.89. The van der Waals surface area contributed by atoms with Gasteiger partial charge in [-0.05, 0) is 30.5 Å². The number of carbonyl (C=O) groups is 1. The minimum atomic E-state index is -3.67. The lowest BCUT2D eigenvalue weighted by Crippen LogP contribution is -2.24. The van der Waals surface area contributed by atoms with Gasteiger partial charge in [-0.3, -0.25) is 4.79 Å². The quantitative estimate of drug-likeness (QED) is 0.816. The van der Waals surface area contributed by atoms with Crippen LogP contribution >= 0.6 is 10.7 Å². The van der Waals surface area contributed by atoms with Gasteiger partial charge in [0.05, 0.1) is 4.90 Å². The Morgan fingerprint density at radius 3 is 2.39 bits per heavy atom. The molecule has 0 unspecified atom stereocenters. The molecule has 0 radical (unpaired) electrons. The summed E-state index contributed by atoms with van der Waals surface area (Å²) in [5.74, 6) is 0.00546. The lowest BCUT2D eigenvalue weighted by atomic mass is 10.1. The van der Waals surface area contributed by atoms with Crippen molar-refractivity contribution >= 4 is 25.6 Å². The molecule has 0 spiro atoms. The van der Waals surface area contributed by atoms with E-state index in [1.807, 2.05) is 6.92 Å². The van der Waals surface area contributed by atoms with Gasteiger partial charge in [0.2, 0.25) is 5.91 Å². The first-order valence-corrected chi connectivity index (χ1v) is 8.04. The molecule has 1 rings (SSSR count). The van der Waals surface area contributed by atoms with E-state index in [9.17, 15) is 13.2 Å². The van der Waals surface area contributed by atoms with E-state index in [-0.39, 0.29) is 10.8 Å². The molecule has 1 N–H and O–H groups in total. The van der Waals surface area contributed by atoms with Crippen LogP contribution in [0.3, 0.4) is 0 Å². The first kappa shape index (κ1) is 15.0. The molecule has 0 aliphatic carbocycles. The summed E-state index contributed by atoms with van der Waals surface area (Å²) in [6, 6.07) is 6.23. The predicted octanol–water partition coefficient (Wildman–Crippen LogP) is 2.07. The van der Waals surface area contributed by atoms with Crippen molar-refractivity contribution in [3.63, 3.8) is 0 Å². The van der Waals surface area contributed by atoms with Gasteiger partial charge in [0.1, 0.15) is 0 Å². The van der Waals surface area contributed by atoms with Gasteiger partial charge in [-0.2, -0.15) is 0 Å². The summed E-state index contributed by atoms with van der Waals surface area (Å²) in [5, 5.41) is 2.78. The molecule has 0 aromatic heterocycles. The Kier molecular flexibility index (Phi) is 5.62. The molecule has 4 nitrogen and oxygen atoms in total. The van der Waals surface area contributed by atoms with E-state index in [0.717, 1.165) is 12.0 Å². The van der Waals surface area contributed by atoms with E-state index in [0.29, 0.717) is 19.4 Å². The Bertz CT molecular complexity index is 497. The topological polar surface area (TPSA) is 63.2 Å². The van der Waals surface area contributed by atoms with Gasteiger partial charge in [0.15, 0.2) is 0 Å². The molecule has 1 aromatic rings. The van der Waals surface area contributed by atoms with Gasteiger partial charge < -0.3 is 5.32 Å². The fourth-order valence-electron chi connectivity index (χ4n) is 1.43. The lowest BCUT2D eigenvalue weighted by molar-refractivity contribution is -0.121. The summed E-state index contributed by atoms with van der Waals surface area (Å²) in [6.45, 7) is 2.67. The van der Waals surface area contributed by atoms with E-state index in [1.54, 1.807) is 12.1 Å². The third kappa shape index (κ3) is 5.06. The fourth-order valence-corrected chi connectivity index (χ4v) is 2.20. The average molecular weight is 290 g/mol. The fraction of sp³-hybridized carbons (Fsp3) is 0.417. The number of hydrogen-bond acceptors (Lipinski definition) is 3. The second-order valence-corrected chi connectivity index (χ2v) is 6.50. The molecule has 0 fully saturated rings. The van der Waals surface area contributed by atoms with Crippen molar-refractivity contribution in [2.45, 2.75) is 31.1 Å². The smallest absolute Gasteiger partial charge is 0.261 e. The summed E-state index contributed by atoms with van der Waals surface area (Å²) in [5.41, 5.74) is 0.908. The van der Waals surface area contributed by atoms with Crippen molar-refractivity contribution in [3.8, 4) is 0 Å². The molecule has 0 aliphatic rings. The standard InChI is InChI=1S/C12H16ClNO3S/c1-2-9-14-12(15)8-5-10-3-6-11(7-4-10)18(13,16)17/h3-4,6-7H,2,5,8-9H2,1H3,(H,14,15). The molecule has 0 bridgehead atoms. The monoisotopic (exact) mass is 289 g/mol. The summed E-state index contributed by atoms with van der Waals surface area (Å²) < 4.78 is 22.1. The van der Waals surface area contributed by atoms with E-state index >= 15 is 0 Å². The van der Waals surface area contributed by atoms with E-state index < -0.39 is 9.05 Å².